The van der Waals surface area contributed by atoms with Gasteiger partial charge in [-0.2, -0.15) is 0 Å². The number of rotatable bonds is 14. The van der Waals surface area contributed by atoms with Crippen molar-refractivity contribution in [2.24, 2.45) is 5.92 Å². The van der Waals surface area contributed by atoms with Crippen molar-refractivity contribution in [2.75, 3.05) is 0 Å². The summed E-state index contributed by atoms with van der Waals surface area (Å²) in [6.07, 6.45) is 16.3. The molecule has 0 aromatic heterocycles. The molecule has 0 rings (SSSR count). The number of unbranched alkanes of at least 4 members (excludes halogenated alkanes) is 10. The van der Waals surface area contributed by atoms with Gasteiger partial charge in [0.1, 0.15) is 0 Å². The molecule has 0 spiro atoms. The van der Waals surface area contributed by atoms with Crippen molar-refractivity contribution in [3.05, 3.63) is 0 Å². The first-order chi connectivity index (χ1) is 9.16. The zero-order valence-electron chi connectivity index (χ0n) is 13.1. The Balaban J connectivity index is 3.08. The molecule has 0 radical (unpaired) electrons. The van der Waals surface area contributed by atoms with Crippen molar-refractivity contribution in [1.29, 1.82) is 0 Å². The van der Waals surface area contributed by atoms with Gasteiger partial charge >= 0.3 is 5.97 Å². The molecule has 0 amide bonds. The van der Waals surface area contributed by atoms with Crippen molar-refractivity contribution in [3.8, 4) is 0 Å². The fourth-order valence-corrected chi connectivity index (χ4v) is 2.56. The fraction of sp³-hybridized carbons (Fsp3) is 0.941. The molecular weight excluding hydrogens is 236 g/mol. The van der Waals surface area contributed by atoms with Crippen LogP contribution in [0.4, 0.5) is 0 Å². The Hall–Kier alpha value is -0.530. The Bertz CT molecular complexity index is 201. The molecule has 0 unspecified atom stereocenters. The van der Waals surface area contributed by atoms with Gasteiger partial charge in [0.05, 0.1) is 0 Å². The van der Waals surface area contributed by atoms with Gasteiger partial charge in [-0.05, 0) is 5.92 Å². The molecule has 0 heterocycles. The molecule has 0 saturated carbocycles. The summed E-state index contributed by atoms with van der Waals surface area (Å²) >= 11 is 0. The molecule has 0 saturated heterocycles. The second-order valence-electron chi connectivity index (χ2n) is 6.03. The molecule has 1 N–H and O–H groups in total. The normalized spacial score (nSPS) is 12.5. The minimum absolute atomic E-state index is 0.331. The van der Waals surface area contributed by atoms with Crippen LogP contribution in [-0.2, 0) is 4.79 Å². The minimum Gasteiger partial charge on any atom is -0.481 e. The number of carbonyl (C=O) groups is 1. The topological polar surface area (TPSA) is 37.3 Å². The number of hydrogen-bond acceptors (Lipinski definition) is 1. The first-order valence-corrected chi connectivity index (χ1v) is 8.38. The van der Waals surface area contributed by atoms with E-state index in [4.69, 9.17) is 5.11 Å². The molecule has 1 atom stereocenters. The smallest absolute Gasteiger partial charge is 0.303 e. The van der Waals surface area contributed by atoms with Crippen LogP contribution in [0.2, 0.25) is 0 Å². The van der Waals surface area contributed by atoms with E-state index < -0.39 is 5.97 Å². The van der Waals surface area contributed by atoms with Gasteiger partial charge in [0.25, 0.3) is 0 Å². The molecule has 2 nitrogen and oxygen atoms in total. The number of aliphatic carboxylic acids is 1. The first kappa shape index (κ1) is 18.5. The maximum absolute atomic E-state index is 10.5. The number of carboxylic acid groups (broad SMARTS) is 1. The summed E-state index contributed by atoms with van der Waals surface area (Å²) in [6.45, 7) is 4.31. The molecule has 0 bridgehead atoms. The van der Waals surface area contributed by atoms with Crippen LogP contribution in [-0.4, -0.2) is 11.1 Å². The van der Waals surface area contributed by atoms with E-state index in [1.807, 2.05) is 6.92 Å². The molecule has 19 heavy (non-hydrogen) atoms. The molecule has 0 aromatic rings. The van der Waals surface area contributed by atoms with Gasteiger partial charge < -0.3 is 5.11 Å². The third kappa shape index (κ3) is 15.4. The third-order valence-electron chi connectivity index (χ3n) is 3.82. The van der Waals surface area contributed by atoms with Gasteiger partial charge in [-0.3, -0.25) is 4.79 Å². The van der Waals surface area contributed by atoms with Gasteiger partial charge in [-0.25, -0.2) is 0 Å². The van der Waals surface area contributed by atoms with Crippen LogP contribution in [0.3, 0.4) is 0 Å². The molecule has 2 heteroatoms. The molecule has 0 fully saturated rings. The fourth-order valence-electron chi connectivity index (χ4n) is 2.56. The van der Waals surface area contributed by atoms with Crippen molar-refractivity contribution < 1.29 is 9.90 Å². The van der Waals surface area contributed by atoms with E-state index in [2.05, 4.69) is 6.92 Å². The Morgan fingerprint density at radius 1 is 0.842 bits per heavy atom. The van der Waals surface area contributed by atoms with Crippen LogP contribution in [0, 0.1) is 5.92 Å². The van der Waals surface area contributed by atoms with E-state index in [0.717, 1.165) is 6.42 Å². The predicted molar refractivity (Wildman–Crippen MR) is 82.5 cm³/mol. The van der Waals surface area contributed by atoms with E-state index in [1.165, 1.54) is 70.6 Å². The van der Waals surface area contributed by atoms with Gasteiger partial charge in [-0.1, -0.05) is 90.9 Å². The summed E-state index contributed by atoms with van der Waals surface area (Å²) in [4.78, 5) is 10.5. The summed E-state index contributed by atoms with van der Waals surface area (Å²) in [7, 11) is 0. The van der Waals surface area contributed by atoms with Crippen molar-refractivity contribution in [1.82, 2.24) is 0 Å². The Kier molecular flexibility index (Phi) is 13.5. The number of hydrogen-bond donors (Lipinski definition) is 1. The highest BCUT2D eigenvalue weighted by Crippen LogP contribution is 2.15. The molecule has 0 aliphatic rings. The summed E-state index contributed by atoms with van der Waals surface area (Å²) in [5.74, 6) is -0.313. The lowest BCUT2D eigenvalue weighted by molar-refractivity contribution is -0.138. The second-order valence-corrected chi connectivity index (χ2v) is 6.03. The minimum atomic E-state index is -0.657. The van der Waals surface area contributed by atoms with Crippen LogP contribution < -0.4 is 0 Å². The van der Waals surface area contributed by atoms with Crippen LogP contribution in [0.15, 0.2) is 0 Å². The SMILES string of the molecule is CCCCCCCCCCCCC[C@H](C)CC(=O)O. The summed E-state index contributed by atoms with van der Waals surface area (Å²) in [5, 5.41) is 8.66. The van der Waals surface area contributed by atoms with Crippen molar-refractivity contribution in [3.63, 3.8) is 0 Å². The average molecular weight is 270 g/mol. The quantitative estimate of drug-likeness (QED) is 0.405. The Morgan fingerprint density at radius 2 is 1.26 bits per heavy atom. The molecule has 0 aromatic carbocycles. The third-order valence-corrected chi connectivity index (χ3v) is 3.82. The van der Waals surface area contributed by atoms with Gasteiger partial charge in [0, 0.05) is 6.42 Å². The Morgan fingerprint density at radius 3 is 1.68 bits per heavy atom. The van der Waals surface area contributed by atoms with Crippen LogP contribution in [0.5, 0.6) is 0 Å². The van der Waals surface area contributed by atoms with Gasteiger partial charge in [0.2, 0.25) is 0 Å². The van der Waals surface area contributed by atoms with E-state index in [-0.39, 0.29) is 0 Å². The summed E-state index contributed by atoms with van der Waals surface area (Å²) < 4.78 is 0. The highest BCUT2D eigenvalue weighted by atomic mass is 16.4. The van der Waals surface area contributed by atoms with Crippen LogP contribution in [0.1, 0.15) is 97.3 Å². The molecule has 114 valence electrons. The van der Waals surface area contributed by atoms with Crippen LogP contribution >= 0.6 is 0 Å². The highest BCUT2D eigenvalue weighted by molar-refractivity contribution is 5.66. The summed E-state index contributed by atoms with van der Waals surface area (Å²) in [5.41, 5.74) is 0. The van der Waals surface area contributed by atoms with E-state index in [0.29, 0.717) is 12.3 Å². The average Bonchev–Trinajstić information content (AvgIpc) is 2.35. The zero-order valence-corrected chi connectivity index (χ0v) is 13.1. The lowest BCUT2D eigenvalue weighted by Gasteiger charge is -2.07. The second kappa shape index (κ2) is 13.9. The molecular formula is C17H34O2. The van der Waals surface area contributed by atoms with Crippen LogP contribution in [0.25, 0.3) is 0 Å². The highest BCUT2D eigenvalue weighted by Gasteiger charge is 2.06. The Labute approximate surface area is 120 Å². The number of carboxylic acids is 1. The predicted octanol–water partition coefficient (Wildman–Crippen LogP) is 5.80. The van der Waals surface area contributed by atoms with Crippen molar-refractivity contribution >= 4 is 5.97 Å². The van der Waals surface area contributed by atoms with Gasteiger partial charge in [-0.15, -0.1) is 0 Å². The van der Waals surface area contributed by atoms with E-state index in [9.17, 15) is 4.79 Å². The maximum Gasteiger partial charge on any atom is 0.303 e. The lowest BCUT2D eigenvalue weighted by Crippen LogP contribution is -2.03. The summed E-state index contributed by atoms with van der Waals surface area (Å²) in [6, 6.07) is 0. The largest absolute Gasteiger partial charge is 0.481 e. The monoisotopic (exact) mass is 270 g/mol. The van der Waals surface area contributed by atoms with Crippen molar-refractivity contribution in [2.45, 2.75) is 97.3 Å². The van der Waals surface area contributed by atoms with E-state index in [1.54, 1.807) is 0 Å². The maximum atomic E-state index is 10.5. The van der Waals surface area contributed by atoms with E-state index >= 15 is 0 Å². The standard InChI is InChI=1S/C17H34O2/c1-3-4-5-6-7-8-9-10-11-12-13-14-16(2)15-17(18)19/h16H,3-15H2,1-2H3,(H,18,19)/t16-/m0/s1. The lowest BCUT2D eigenvalue weighted by atomic mass is 9.99. The molecule has 0 aliphatic carbocycles. The first-order valence-electron chi connectivity index (χ1n) is 8.38. The van der Waals surface area contributed by atoms with Gasteiger partial charge in [0.15, 0.2) is 0 Å². The molecule has 0 aliphatic heterocycles. The zero-order chi connectivity index (χ0) is 14.3.